The summed E-state index contributed by atoms with van der Waals surface area (Å²) < 4.78 is 5.09. The minimum Gasteiger partial charge on any atom is -0.469 e. The summed E-state index contributed by atoms with van der Waals surface area (Å²) in [5.74, 6) is 1.16. The number of fused-ring (bicyclic) bond motifs is 1. The Hall–Kier alpha value is -0.610. The van der Waals surface area contributed by atoms with Crippen LogP contribution in [0.1, 0.15) is 51.9 Å². The van der Waals surface area contributed by atoms with Crippen LogP contribution in [0, 0.1) is 17.8 Å². The molecule has 0 aromatic heterocycles. The zero-order chi connectivity index (χ0) is 15.5. The summed E-state index contributed by atoms with van der Waals surface area (Å²) >= 11 is 0. The predicted molar refractivity (Wildman–Crippen MR) is 87.6 cm³/mol. The molecule has 0 bridgehead atoms. The maximum atomic E-state index is 12.2. The third-order valence-corrected chi connectivity index (χ3v) is 6.33. The smallest absolute Gasteiger partial charge is 0.308 e. The maximum Gasteiger partial charge on any atom is 0.308 e. The van der Waals surface area contributed by atoms with Gasteiger partial charge in [-0.15, -0.1) is 0 Å². The van der Waals surface area contributed by atoms with Crippen molar-refractivity contribution in [1.29, 1.82) is 0 Å². The third kappa shape index (κ3) is 3.33. The Morgan fingerprint density at radius 3 is 2.64 bits per heavy atom. The molecule has 3 aliphatic rings. The quantitative estimate of drug-likeness (QED) is 0.796. The molecule has 2 aliphatic heterocycles. The number of hydrogen-bond donors (Lipinski definition) is 1. The number of likely N-dealkylation sites (tertiary alicyclic amines) is 1. The van der Waals surface area contributed by atoms with Crippen LogP contribution in [0.4, 0.5) is 0 Å². The van der Waals surface area contributed by atoms with E-state index in [2.05, 4.69) is 17.1 Å². The molecule has 0 aromatic carbocycles. The Bertz CT molecular complexity index is 381. The molecule has 22 heavy (non-hydrogen) atoms. The fraction of sp³-hybridized carbons (Fsp3) is 0.944. The molecule has 2 unspecified atom stereocenters. The highest BCUT2D eigenvalue weighted by Crippen LogP contribution is 2.37. The normalized spacial score (nSPS) is 40.5. The van der Waals surface area contributed by atoms with Gasteiger partial charge in [-0.25, -0.2) is 0 Å². The van der Waals surface area contributed by atoms with Gasteiger partial charge >= 0.3 is 5.97 Å². The van der Waals surface area contributed by atoms with Crippen LogP contribution in [-0.2, 0) is 9.53 Å². The van der Waals surface area contributed by atoms with Gasteiger partial charge in [-0.1, -0.05) is 13.3 Å². The first-order chi connectivity index (χ1) is 10.7. The van der Waals surface area contributed by atoms with Gasteiger partial charge in [0.05, 0.1) is 13.0 Å². The number of nitrogens with zero attached hydrogens (tertiary/aromatic N) is 1. The molecular formula is C18H32N2O2. The molecule has 0 aromatic rings. The van der Waals surface area contributed by atoms with Crippen molar-refractivity contribution in [3.8, 4) is 0 Å². The lowest BCUT2D eigenvalue weighted by Crippen LogP contribution is -2.56. The molecule has 4 heteroatoms. The van der Waals surface area contributed by atoms with Gasteiger partial charge in [0, 0.05) is 12.1 Å². The number of rotatable bonds is 2. The van der Waals surface area contributed by atoms with Gasteiger partial charge in [-0.3, -0.25) is 9.69 Å². The molecule has 0 radical (unpaired) electrons. The second-order valence-corrected chi connectivity index (χ2v) is 7.61. The summed E-state index contributed by atoms with van der Waals surface area (Å²) in [6.45, 7) is 5.79. The van der Waals surface area contributed by atoms with E-state index in [4.69, 9.17) is 4.74 Å². The standard InChI is InChI=1S/C18H32N2O2/c1-13-8-9-19-17-14(12-15(13)18(21)22-2)6-5-7-16(17)20-10-3-4-11-20/h13-17,19H,3-12H2,1-2H3/t13?,14-,15?,16+,17+/m0/s1. The number of nitrogens with one attached hydrogen (secondary N) is 1. The van der Waals surface area contributed by atoms with E-state index in [0.29, 0.717) is 23.9 Å². The number of ether oxygens (including phenoxy) is 1. The van der Waals surface area contributed by atoms with Crippen molar-refractivity contribution in [3.05, 3.63) is 0 Å². The fourth-order valence-electron chi connectivity index (χ4n) is 5.03. The van der Waals surface area contributed by atoms with Gasteiger partial charge in [0.2, 0.25) is 0 Å². The van der Waals surface area contributed by atoms with Gasteiger partial charge in [0.25, 0.3) is 0 Å². The van der Waals surface area contributed by atoms with Crippen molar-refractivity contribution in [1.82, 2.24) is 10.2 Å². The second-order valence-electron chi connectivity index (χ2n) is 7.61. The molecule has 0 spiro atoms. The summed E-state index contributed by atoms with van der Waals surface area (Å²) in [4.78, 5) is 14.9. The van der Waals surface area contributed by atoms with Gasteiger partial charge < -0.3 is 10.1 Å². The van der Waals surface area contributed by atoms with Crippen LogP contribution >= 0.6 is 0 Å². The van der Waals surface area contributed by atoms with Crippen LogP contribution < -0.4 is 5.32 Å². The molecule has 126 valence electrons. The number of methoxy groups -OCH3 is 1. The summed E-state index contributed by atoms with van der Waals surface area (Å²) in [5.41, 5.74) is 0. The predicted octanol–water partition coefficient (Wildman–Crippen LogP) is 2.43. The van der Waals surface area contributed by atoms with Crippen LogP contribution in [0.3, 0.4) is 0 Å². The number of carbonyl (C=O) groups excluding carboxylic acids is 1. The van der Waals surface area contributed by atoms with E-state index in [1.54, 1.807) is 0 Å². The average Bonchev–Trinajstić information content (AvgIpc) is 3.04. The van der Waals surface area contributed by atoms with Crippen molar-refractivity contribution in [3.63, 3.8) is 0 Å². The van der Waals surface area contributed by atoms with E-state index in [0.717, 1.165) is 19.4 Å². The van der Waals surface area contributed by atoms with E-state index >= 15 is 0 Å². The molecule has 3 fully saturated rings. The Morgan fingerprint density at radius 1 is 1.14 bits per heavy atom. The van der Waals surface area contributed by atoms with Crippen molar-refractivity contribution in [2.24, 2.45) is 17.8 Å². The summed E-state index contributed by atoms with van der Waals surface area (Å²) in [6.07, 6.45) is 8.71. The highest BCUT2D eigenvalue weighted by atomic mass is 16.5. The lowest BCUT2D eigenvalue weighted by molar-refractivity contribution is -0.148. The molecule has 5 atom stereocenters. The molecule has 1 aliphatic carbocycles. The zero-order valence-corrected chi connectivity index (χ0v) is 14.2. The zero-order valence-electron chi connectivity index (χ0n) is 14.2. The van der Waals surface area contributed by atoms with Gasteiger partial charge in [-0.2, -0.15) is 0 Å². The van der Waals surface area contributed by atoms with E-state index in [-0.39, 0.29) is 11.9 Å². The van der Waals surface area contributed by atoms with Gasteiger partial charge in [-0.05, 0) is 70.0 Å². The molecule has 2 saturated heterocycles. The molecule has 0 amide bonds. The number of carbonyl (C=O) groups is 1. The van der Waals surface area contributed by atoms with Gasteiger partial charge in [0.15, 0.2) is 0 Å². The topological polar surface area (TPSA) is 41.6 Å². The van der Waals surface area contributed by atoms with Crippen LogP contribution in [0.25, 0.3) is 0 Å². The Kier molecular flexibility index (Phi) is 5.40. The molecular weight excluding hydrogens is 276 g/mol. The lowest BCUT2D eigenvalue weighted by atomic mass is 9.72. The summed E-state index contributed by atoms with van der Waals surface area (Å²) in [5, 5.41) is 3.86. The minimum absolute atomic E-state index is 0.0106. The molecule has 1 N–H and O–H groups in total. The van der Waals surface area contributed by atoms with Crippen molar-refractivity contribution in [2.45, 2.75) is 64.0 Å². The Labute approximate surface area is 135 Å². The first-order valence-corrected chi connectivity index (χ1v) is 9.26. The number of esters is 1. The molecule has 4 nitrogen and oxygen atoms in total. The summed E-state index contributed by atoms with van der Waals surface area (Å²) in [6, 6.07) is 1.26. The fourth-order valence-corrected chi connectivity index (χ4v) is 5.03. The average molecular weight is 308 g/mol. The lowest BCUT2D eigenvalue weighted by Gasteiger charge is -2.45. The SMILES string of the molecule is COC(=O)C1C[C@@H]2CCC[C@@H](N3CCCC3)[C@@H]2NCCC1C. The third-order valence-electron chi connectivity index (χ3n) is 6.33. The minimum atomic E-state index is 0.0106. The van der Waals surface area contributed by atoms with E-state index < -0.39 is 0 Å². The molecule has 3 rings (SSSR count). The van der Waals surface area contributed by atoms with Crippen molar-refractivity contribution >= 4 is 5.97 Å². The monoisotopic (exact) mass is 308 g/mol. The van der Waals surface area contributed by atoms with Crippen LogP contribution in [-0.4, -0.2) is 49.7 Å². The summed E-state index contributed by atoms with van der Waals surface area (Å²) in [7, 11) is 1.54. The Morgan fingerprint density at radius 2 is 1.91 bits per heavy atom. The van der Waals surface area contributed by atoms with E-state index in [1.165, 1.54) is 52.3 Å². The highest BCUT2D eigenvalue weighted by Gasteiger charge is 2.41. The highest BCUT2D eigenvalue weighted by molar-refractivity contribution is 5.72. The van der Waals surface area contributed by atoms with Crippen molar-refractivity contribution < 1.29 is 9.53 Å². The van der Waals surface area contributed by atoms with Crippen LogP contribution in [0.5, 0.6) is 0 Å². The maximum absolute atomic E-state index is 12.2. The largest absolute Gasteiger partial charge is 0.469 e. The molecule has 1 saturated carbocycles. The Balaban J connectivity index is 1.74. The van der Waals surface area contributed by atoms with Crippen LogP contribution in [0.15, 0.2) is 0 Å². The molecule has 2 heterocycles. The number of hydrogen-bond acceptors (Lipinski definition) is 4. The van der Waals surface area contributed by atoms with E-state index in [9.17, 15) is 4.79 Å². The first-order valence-electron chi connectivity index (χ1n) is 9.26. The van der Waals surface area contributed by atoms with Crippen molar-refractivity contribution in [2.75, 3.05) is 26.7 Å². The van der Waals surface area contributed by atoms with E-state index in [1.807, 2.05) is 0 Å². The van der Waals surface area contributed by atoms with Crippen LogP contribution in [0.2, 0.25) is 0 Å². The first kappa shape index (κ1) is 16.3. The second kappa shape index (κ2) is 7.31. The van der Waals surface area contributed by atoms with Gasteiger partial charge in [0.1, 0.15) is 0 Å².